The Balaban J connectivity index is 1.66. The second kappa shape index (κ2) is 7.22. The van der Waals surface area contributed by atoms with Gasteiger partial charge >= 0.3 is 0 Å². The van der Waals surface area contributed by atoms with Crippen molar-refractivity contribution < 1.29 is 4.79 Å². The highest BCUT2D eigenvalue weighted by molar-refractivity contribution is 6.30. The fraction of sp³-hybridized carbons (Fsp3) is 0.267. The highest BCUT2D eigenvalue weighted by atomic mass is 35.5. The van der Waals surface area contributed by atoms with Crippen LogP contribution >= 0.6 is 11.6 Å². The SMILES string of the molecule is CCn1nnnc1-c1cccc(C(=O)NCCn2cc(Cl)cn2)c1. The number of nitrogens with one attached hydrogen (secondary N) is 1. The Labute approximate surface area is 143 Å². The minimum absolute atomic E-state index is 0.161. The smallest absolute Gasteiger partial charge is 0.251 e. The molecule has 0 spiro atoms. The highest BCUT2D eigenvalue weighted by Gasteiger charge is 2.11. The van der Waals surface area contributed by atoms with Crippen LogP contribution in [0.3, 0.4) is 0 Å². The van der Waals surface area contributed by atoms with Crippen LogP contribution in [0.4, 0.5) is 0 Å². The highest BCUT2D eigenvalue weighted by Crippen LogP contribution is 2.17. The van der Waals surface area contributed by atoms with E-state index in [-0.39, 0.29) is 5.91 Å². The van der Waals surface area contributed by atoms with Gasteiger partial charge in [-0.25, -0.2) is 4.68 Å². The summed E-state index contributed by atoms with van der Waals surface area (Å²) in [6.07, 6.45) is 3.27. The van der Waals surface area contributed by atoms with Gasteiger partial charge in [-0.05, 0) is 29.5 Å². The van der Waals surface area contributed by atoms with Crippen molar-refractivity contribution in [1.82, 2.24) is 35.3 Å². The molecule has 0 bridgehead atoms. The normalized spacial score (nSPS) is 10.8. The molecule has 1 aromatic carbocycles. The zero-order valence-electron chi connectivity index (χ0n) is 13.1. The topological polar surface area (TPSA) is 90.5 Å². The molecule has 3 rings (SSSR count). The Hall–Kier alpha value is -2.74. The lowest BCUT2D eigenvalue weighted by molar-refractivity contribution is 0.0952. The predicted octanol–water partition coefficient (Wildman–Crippen LogP) is 1.64. The average Bonchev–Trinajstić information content (AvgIpc) is 3.23. The van der Waals surface area contributed by atoms with Crippen LogP contribution in [0.2, 0.25) is 5.02 Å². The number of aryl methyl sites for hydroxylation is 1. The molecule has 0 saturated heterocycles. The molecular formula is C15H16ClN7O. The number of tetrazole rings is 1. The summed E-state index contributed by atoms with van der Waals surface area (Å²) in [7, 11) is 0. The van der Waals surface area contributed by atoms with Crippen LogP contribution in [-0.4, -0.2) is 42.4 Å². The molecule has 0 fully saturated rings. The molecule has 0 radical (unpaired) electrons. The average molecular weight is 346 g/mol. The minimum Gasteiger partial charge on any atom is -0.350 e. The lowest BCUT2D eigenvalue weighted by Gasteiger charge is -2.07. The lowest BCUT2D eigenvalue weighted by Crippen LogP contribution is -2.27. The zero-order valence-corrected chi connectivity index (χ0v) is 13.8. The van der Waals surface area contributed by atoms with Gasteiger partial charge in [-0.2, -0.15) is 5.10 Å². The van der Waals surface area contributed by atoms with E-state index >= 15 is 0 Å². The fourth-order valence-electron chi connectivity index (χ4n) is 2.27. The van der Waals surface area contributed by atoms with Crippen LogP contribution in [0.25, 0.3) is 11.4 Å². The molecule has 2 aromatic heterocycles. The molecule has 8 nitrogen and oxygen atoms in total. The van der Waals surface area contributed by atoms with Gasteiger partial charge < -0.3 is 5.32 Å². The van der Waals surface area contributed by atoms with Crippen molar-refractivity contribution in [1.29, 1.82) is 0 Å². The molecule has 0 saturated carbocycles. The Morgan fingerprint density at radius 1 is 1.38 bits per heavy atom. The van der Waals surface area contributed by atoms with E-state index in [0.29, 0.717) is 36.0 Å². The third-order valence-corrected chi connectivity index (χ3v) is 3.64. The molecule has 2 heterocycles. The van der Waals surface area contributed by atoms with Crippen molar-refractivity contribution in [2.45, 2.75) is 20.0 Å². The Kier molecular flexibility index (Phi) is 4.85. The van der Waals surface area contributed by atoms with Crippen molar-refractivity contribution in [2.24, 2.45) is 0 Å². The molecule has 0 atom stereocenters. The monoisotopic (exact) mass is 345 g/mol. The Bertz CT molecular complexity index is 842. The summed E-state index contributed by atoms with van der Waals surface area (Å²) >= 11 is 5.80. The first kappa shape index (κ1) is 16.1. The largest absolute Gasteiger partial charge is 0.350 e. The van der Waals surface area contributed by atoms with Crippen LogP contribution in [-0.2, 0) is 13.1 Å². The Morgan fingerprint density at radius 2 is 2.25 bits per heavy atom. The quantitative estimate of drug-likeness (QED) is 0.733. The van der Waals surface area contributed by atoms with Gasteiger partial charge in [0.05, 0.1) is 17.8 Å². The van der Waals surface area contributed by atoms with Crippen LogP contribution < -0.4 is 5.32 Å². The maximum Gasteiger partial charge on any atom is 0.251 e. The van der Waals surface area contributed by atoms with Crippen molar-refractivity contribution in [2.75, 3.05) is 6.54 Å². The minimum atomic E-state index is -0.161. The number of halogens is 1. The summed E-state index contributed by atoms with van der Waals surface area (Å²) in [6, 6.07) is 7.22. The van der Waals surface area contributed by atoms with Crippen LogP contribution in [0.1, 0.15) is 17.3 Å². The first-order chi connectivity index (χ1) is 11.7. The second-order valence-corrected chi connectivity index (χ2v) is 5.51. The number of nitrogens with zero attached hydrogens (tertiary/aromatic N) is 6. The first-order valence-corrected chi connectivity index (χ1v) is 7.88. The van der Waals surface area contributed by atoms with Gasteiger partial charge in [0, 0.05) is 30.4 Å². The zero-order chi connectivity index (χ0) is 16.9. The molecule has 124 valence electrons. The molecule has 0 aliphatic rings. The lowest BCUT2D eigenvalue weighted by atomic mass is 10.1. The van der Waals surface area contributed by atoms with Crippen molar-refractivity contribution in [3.05, 3.63) is 47.2 Å². The molecule has 3 aromatic rings. The summed E-state index contributed by atoms with van der Waals surface area (Å²) in [4.78, 5) is 12.3. The van der Waals surface area contributed by atoms with E-state index in [0.717, 1.165) is 5.56 Å². The van der Waals surface area contributed by atoms with E-state index in [9.17, 15) is 4.79 Å². The van der Waals surface area contributed by atoms with Gasteiger partial charge in [-0.3, -0.25) is 9.48 Å². The summed E-state index contributed by atoms with van der Waals surface area (Å²) in [5.74, 6) is 0.476. The number of aromatic nitrogens is 6. The van der Waals surface area contributed by atoms with Gasteiger partial charge in [-0.15, -0.1) is 5.10 Å². The summed E-state index contributed by atoms with van der Waals surface area (Å²) in [5, 5.41) is 19.1. The van der Waals surface area contributed by atoms with Gasteiger partial charge in [0.25, 0.3) is 5.91 Å². The summed E-state index contributed by atoms with van der Waals surface area (Å²) in [6.45, 7) is 3.61. The van der Waals surface area contributed by atoms with Crippen molar-refractivity contribution in [3.63, 3.8) is 0 Å². The summed E-state index contributed by atoms with van der Waals surface area (Å²) in [5.41, 5.74) is 1.35. The van der Waals surface area contributed by atoms with Gasteiger partial charge in [0.15, 0.2) is 5.82 Å². The van der Waals surface area contributed by atoms with Gasteiger partial charge in [0.2, 0.25) is 0 Å². The van der Waals surface area contributed by atoms with Gasteiger partial charge in [-0.1, -0.05) is 23.7 Å². The van der Waals surface area contributed by atoms with Crippen LogP contribution in [0.5, 0.6) is 0 Å². The number of amides is 1. The van der Waals surface area contributed by atoms with E-state index in [1.54, 1.807) is 33.9 Å². The number of rotatable bonds is 6. The van der Waals surface area contributed by atoms with E-state index in [1.165, 1.54) is 0 Å². The van der Waals surface area contributed by atoms with Crippen LogP contribution in [0.15, 0.2) is 36.7 Å². The Morgan fingerprint density at radius 3 is 3.00 bits per heavy atom. The van der Waals surface area contributed by atoms with E-state index in [4.69, 9.17) is 11.6 Å². The molecule has 0 aliphatic heterocycles. The molecular weight excluding hydrogens is 330 g/mol. The van der Waals surface area contributed by atoms with E-state index < -0.39 is 0 Å². The maximum atomic E-state index is 12.3. The van der Waals surface area contributed by atoms with Gasteiger partial charge in [0.1, 0.15) is 0 Å². The van der Waals surface area contributed by atoms with Crippen molar-refractivity contribution in [3.8, 4) is 11.4 Å². The molecule has 24 heavy (non-hydrogen) atoms. The molecule has 0 unspecified atom stereocenters. The number of hydrogen-bond donors (Lipinski definition) is 1. The second-order valence-electron chi connectivity index (χ2n) is 5.08. The number of benzene rings is 1. The van der Waals surface area contributed by atoms with E-state index in [1.807, 2.05) is 19.1 Å². The predicted molar refractivity (Wildman–Crippen MR) is 88.5 cm³/mol. The third-order valence-electron chi connectivity index (χ3n) is 3.44. The molecule has 0 aliphatic carbocycles. The number of carbonyl (C=O) groups is 1. The van der Waals surface area contributed by atoms with Crippen molar-refractivity contribution >= 4 is 17.5 Å². The molecule has 9 heteroatoms. The first-order valence-electron chi connectivity index (χ1n) is 7.50. The third kappa shape index (κ3) is 3.60. The molecule has 1 amide bonds. The number of hydrogen-bond acceptors (Lipinski definition) is 5. The maximum absolute atomic E-state index is 12.3. The summed E-state index contributed by atoms with van der Waals surface area (Å²) < 4.78 is 3.35. The molecule has 1 N–H and O–H groups in total. The fourth-order valence-corrected chi connectivity index (χ4v) is 2.43. The standard InChI is InChI=1S/C15H16ClN7O/c1-2-23-14(19-20-21-23)11-4-3-5-12(8-11)15(24)17-6-7-22-10-13(16)9-18-22/h3-5,8-10H,2,6-7H2,1H3,(H,17,24). The van der Waals surface area contributed by atoms with E-state index in [2.05, 4.69) is 25.9 Å². The number of carbonyl (C=O) groups excluding carboxylic acids is 1. The van der Waals surface area contributed by atoms with Crippen LogP contribution in [0, 0.1) is 0 Å².